The van der Waals surface area contributed by atoms with Gasteiger partial charge in [-0.05, 0) is 53.1 Å². The van der Waals surface area contributed by atoms with E-state index in [0.29, 0.717) is 26.9 Å². The first-order valence-electron chi connectivity index (χ1n) is 11.5. The molecule has 37 heavy (non-hydrogen) atoms. The molecule has 1 aliphatic rings. The summed E-state index contributed by atoms with van der Waals surface area (Å²) in [5.74, 6) is -0.670. The maximum atomic E-state index is 13.4. The van der Waals surface area contributed by atoms with E-state index >= 15 is 0 Å². The Hall–Kier alpha value is -3.59. The average Bonchev–Trinajstić information content (AvgIpc) is 3.33. The molecule has 3 N–H and O–H groups in total. The fourth-order valence-electron chi connectivity index (χ4n) is 4.12. The fraction of sp³-hybridized carbons (Fsp3) is 0.222. The van der Waals surface area contributed by atoms with E-state index in [1.165, 1.54) is 24.1 Å². The van der Waals surface area contributed by atoms with Crippen molar-refractivity contribution in [3.8, 4) is 16.9 Å². The molecule has 2 atom stereocenters. The zero-order valence-electron chi connectivity index (χ0n) is 19.9. The van der Waals surface area contributed by atoms with Gasteiger partial charge in [0.25, 0.3) is 5.91 Å². The van der Waals surface area contributed by atoms with Gasteiger partial charge in [-0.2, -0.15) is 0 Å². The van der Waals surface area contributed by atoms with Gasteiger partial charge in [-0.3, -0.25) is 9.59 Å². The highest BCUT2D eigenvalue weighted by atomic mass is 35.5. The second-order valence-electron chi connectivity index (χ2n) is 8.55. The summed E-state index contributed by atoms with van der Waals surface area (Å²) in [5.41, 5.74) is 3.22. The highest BCUT2D eigenvalue weighted by molar-refractivity contribution is 6.42. The van der Waals surface area contributed by atoms with Crippen LogP contribution in [0.2, 0.25) is 10.0 Å². The fourth-order valence-corrected chi connectivity index (χ4v) is 4.42. The normalized spacial score (nSPS) is 17.0. The zero-order valence-corrected chi connectivity index (χ0v) is 21.4. The van der Waals surface area contributed by atoms with Gasteiger partial charge < -0.3 is 25.3 Å². The van der Waals surface area contributed by atoms with Crippen molar-refractivity contribution in [1.29, 1.82) is 0 Å². The summed E-state index contributed by atoms with van der Waals surface area (Å²) in [4.78, 5) is 32.8. The molecule has 3 aromatic carbocycles. The topological polar surface area (TPSA) is 111 Å². The van der Waals surface area contributed by atoms with E-state index in [1.807, 2.05) is 6.07 Å². The van der Waals surface area contributed by atoms with Gasteiger partial charge >= 0.3 is 0 Å². The molecular weight excluding hydrogens is 517 g/mol. The Morgan fingerprint density at radius 2 is 1.73 bits per heavy atom. The van der Waals surface area contributed by atoms with Crippen molar-refractivity contribution < 1.29 is 24.6 Å². The van der Waals surface area contributed by atoms with E-state index in [1.54, 1.807) is 48.5 Å². The number of hydrogen-bond acceptors (Lipinski definition) is 6. The summed E-state index contributed by atoms with van der Waals surface area (Å²) in [6.07, 6.45) is -0.765. The van der Waals surface area contributed by atoms with Crippen molar-refractivity contribution in [3.05, 3.63) is 87.9 Å². The molecule has 1 heterocycles. The number of phenolic OH excluding ortho intramolecular Hbond substituents is 1. The van der Waals surface area contributed by atoms with Crippen molar-refractivity contribution in [1.82, 2.24) is 10.2 Å². The van der Waals surface area contributed by atoms with Crippen LogP contribution in [-0.4, -0.2) is 58.9 Å². The number of aliphatic hydroxyl groups excluding tert-OH is 1. The van der Waals surface area contributed by atoms with Crippen LogP contribution in [0.4, 0.5) is 0 Å². The summed E-state index contributed by atoms with van der Waals surface area (Å²) in [6, 6.07) is 17.5. The lowest BCUT2D eigenvalue weighted by atomic mass is 10.0. The minimum Gasteiger partial charge on any atom is -0.508 e. The molecule has 8 nitrogen and oxygen atoms in total. The SMILES string of the molecule is CON=C1C[C@@H](C(=O)NCC(O)c2ccc(O)cc2)N(C(=O)c2ccc(-c3ccc(Cl)c(Cl)c3)cc2)C1. The molecule has 1 aliphatic heterocycles. The van der Waals surface area contributed by atoms with E-state index in [0.717, 1.165) is 11.1 Å². The Morgan fingerprint density at radius 1 is 1.05 bits per heavy atom. The van der Waals surface area contributed by atoms with Crippen molar-refractivity contribution in [2.45, 2.75) is 18.6 Å². The maximum Gasteiger partial charge on any atom is 0.254 e. The lowest BCUT2D eigenvalue weighted by molar-refractivity contribution is -0.125. The average molecular weight is 542 g/mol. The lowest BCUT2D eigenvalue weighted by Crippen LogP contribution is -2.46. The molecule has 0 bridgehead atoms. The number of carbonyl (C=O) groups is 2. The molecule has 1 saturated heterocycles. The van der Waals surface area contributed by atoms with E-state index in [9.17, 15) is 19.8 Å². The number of halogens is 2. The standard InChI is InChI=1S/C27H25Cl2N3O5/c1-37-31-20-13-24(26(35)30-14-25(34)17-6-9-21(33)10-7-17)32(15-20)27(36)18-4-2-16(3-5-18)19-8-11-22(28)23(29)12-19/h2-12,24-25,33-34H,13-15H2,1H3,(H,30,35)/t24-,25?/m0/s1. The summed E-state index contributed by atoms with van der Waals surface area (Å²) in [7, 11) is 1.41. The number of carbonyl (C=O) groups excluding carboxylic acids is 2. The molecule has 4 rings (SSSR count). The highest BCUT2D eigenvalue weighted by Gasteiger charge is 2.38. The molecule has 0 radical (unpaired) electrons. The first kappa shape index (κ1) is 26.5. The number of likely N-dealkylation sites (tertiary alicyclic amines) is 1. The number of phenols is 1. The number of rotatable bonds is 7. The van der Waals surface area contributed by atoms with E-state index < -0.39 is 18.1 Å². The van der Waals surface area contributed by atoms with Crippen LogP contribution < -0.4 is 5.32 Å². The Balaban J connectivity index is 1.47. The Morgan fingerprint density at radius 3 is 2.38 bits per heavy atom. The van der Waals surface area contributed by atoms with Crippen LogP contribution in [0.1, 0.15) is 28.4 Å². The first-order chi connectivity index (χ1) is 17.8. The quantitative estimate of drug-likeness (QED) is 0.383. The molecule has 192 valence electrons. The molecule has 3 aromatic rings. The van der Waals surface area contributed by atoms with Crippen molar-refractivity contribution >= 4 is 40.7 Å². The van der Waals surface area contributed by atoms with Crippen molar-refractivity contribution in [2.75, 3.05) is 20.2 Å². The van der Waals surface area contributed by atoms with Gasteiger partial charge in [0, 0.05) is 18.5 Å². The van der Waals surface area contributed by atoms with Crippen LogP contribution in [-0.2, 0) is 9.63 Å². The number of hydrogen-bond donors (Lipinski definition) is 3. The Kier molecular flexibility index (Phi) is 8.33. The van der Waals surface area contributed by atoms with Crippen molar-refractivity contribution in [3.63, 3.8) is 0 Å². The minimum atomic E-state index is -0.976. The highest BCUT2D eigenvalue weighted by Crippen LogP contribution is 2.29. The Labute approximate surface area is 224 Å². The van der Waals surface area contributed by atoms with Crippen LogP contribution in [0.25, 0.3) is 11.1 Å². The molecule has 0 aromatic heterocycles. The number of benzene rings is 3. The number of aliphatic hydroxyl groups is 1. The lowest BCUT2D eigenvalue weighted by Gasteiger charge is -2.24. The predicted molar refractivity (Wildman–Crippen MR) is 142 cm³/mol. The predicted octanol–water partition coefficient (Wildman–Crippen LogP) is 4.43. The van der Waals surface area contributed by atoms with Gasteiger partial charge in [0.15, 0.2) is 0 Å². The minimum absolute atomic E-state index is 0.0583. The molecule has 2 amide bonds. The molecule has 0 saturated carbocycles. The van der Waals surface area contributed by atoms with Gasteiger partial charge in [0.2, 0.25) is 5.91 Å². The molecule has 1 fully saturated rings. The number of aromatic hydroxyl groups is 1. The third-order valence-electron chi connectivity index (χ3n) is 6.07. The smallest absolute Gasteiger partial charge is 0.254 e. The van der Waals surface area contributed by atoms with Crippen LogP contribution >= 0.6 is 23.2 Å². The van der Waals surface area contributed by atoms with Crippen LogP contribution in [0, 0.1) is 0 Å². The first-order valence-corrected chi connectivity index (χ1v) is 12.2. The van der Waals surface area contributed by atoms with E-state index in [2.05, 4.69) is 10.5 Å². The summed E-state index contributed by atoms with van der Waals surface area (Å²) in [6.45, 7) is 0.0804. The molecule has 0 spiro atoms. The number of nitrogens with zero attached hydrogens (tertiary/aromatic N) is 2. The molecule has 0 aliphatic carbocycles. The van der Waals surface area contributed by atoms with Gasteiger partial charge in [0.05, 0.1) is 28.4 Å². The third-order valence-corrected chi connectivity index (χ3v) is 6.81. The number of nitrogens with one attached hydrogen (secondary N) is 1. The largest absolute Gasteiger partial charge is 0.508 e. The van der Waals surface area contributed by atoms with Crippen LogP contribution in [0.5, 0.6) is 5.75 Å². The monoisotopic (exact) mass is 541 g/mol. The zero-order chi connectivity index (χ0) is 26.5. The third kappa shape index (κ3) is 6.22. The van der Waals surface area contributed by atoms with Gasteiger partial charge in [-0.25, -0.2) is 0 Å². The molecule has 10 heteroatoms. The summed E-state index contributed by atoms with van der Waals surface area (Å²) >= 11 is 12.1. The van der Waals surface area contributed by atoms with E-state index in [-0.39, 0.29) is 31.2 Å². The maximum absolute atomic E-state index is 13.4. The second kappa shape index (κ2) is 11.6. The summed E-state index contributed by atoms with van der Waals surface area (Å²) in [5, 5.41) is 27.4. The Bertz CT molecular complexity index is 1310. The van der Waals surface area contributed by atoms with Gasteiger partial charge in [-0.15, -0.1) is 0 Å². The molecule has 1 unspecified atom stereocenters. The van der Waals surface area contributed by atoms with Crippen molar-refractivity contribution in [2.24, 2.45) is 5.16 Å². The van der Waals surface area contributed by atoms with Crippen LogP contribution in [0.15, 0.2) is 71.9 Å². The van der Waals surface area contributed by atoms with Gasteiger partial charge in [-0.1, -0.05) is 58.7 Å². The second-order valence-corrected chi connectivity index (χ2v) is 9.37. The molecular formula is C27H25Cl2N3O5. The van der Waals surface area contributed by atoms with E-state index in [4.69, 9.17) is 28.0 Å². The summed E-state index contributed by atoms with van der Waals surface area (Å²) < 4.78 is 0. The van der Waals surface area contributed by atoms with Crippen LogP contribution in [0.3, 0.4) is 0 Å². The number of amides is 2. The van der Waals surface area contributed by atoms with Gasteiger partial charge in [0.1, 0.15) is 18.9 Å². The number of oxime groups is 1.